The highest BCUT2D eigenvalue weighted by molar-refractivity contribution is 5.70. The van der Waals surface area contributed by atoms with Crippen LogP contribution < -0.4 is 5.32 Å². The molecule has 4 heteroatoms. The zero-order chi connectivity index (χ0) is 14.4. The number of hydrogen-bond donors (Lipinski definition) is 3. The van der Waals surface area contributed by atoms with Crippen LogP contribution in [0, 0.1) is 0 Å². The molecule has 0 unspecified atom stereocenters. The van der Waals surface area contributed by atoms with Gasteiger partial charge < -0.3 is 15.5 Å². The van der Waals surface area contributed by atoms with Crippen LogP contribution in [0.2, 0.25) is 0 Å². The van der Waals surface area contributed by atoms with Crippen LogP contribution >= 0.6 is 0 Å². The molecule has 0 saturated heterocycles. The molecule has 0 bridgehead atoms. The van der Waals surface area contributed by atoms with Crippen LogP contribution in [0.1, 0.15) is 43.2 Å². The number of aliphatic hydroxyl groups excluding tert-OH is 1. The number of carboxylic acids is 1. The Morgan fingerprint density at radius 3 is 2.25 bits per heavy atom. The summed E-state index contributed by atoms with van der Waals surface area (Å²) in [5.41, 5.74) is 1.81. The van der Waals surface area contributed by atoms with Gasteiger partial charge in [-0.15, -0.1) is 0 Å². The average molecular weight is 277 g/mol. The second-order valence-corrected chi connectivity index (χ2v) is 5.74. The lowest BCUT2D eigenvalue weighted by molar-refractivity contribution is -0.136. The van der Waals surface area contributed by atoms with Gasteiger partial charge in [0, 0.05) is 12.1 Å². The van der Waals surface area contributed by atoms with Crippen molar-refractivity contribution in [1.82, 2.24) is 5.32 Å². The molecule has 1 aliphatic rings. The first-order valence-electron chi connectivity index (χ1n) is 7.29. The molecule has 0 aromatic heterocycles. The molecule has 0 spiro atoms. The number of aliphatic carboxylic acids is 1. The van der Waals surface area contributed by atoms with E-state index in [9.17, 15) is 9.90 Å². The van der Waals surface area contributed by atoms with Gasteiger partial charge in [0.05, 0.1) is 13.0 Å². The molecule has 0 amide bonds. The van der Waals surface area contributed by atoms with E-state index in [2.05, 4.69) is 5.32 Å². The topological polar surface area (TPSA) is 69.6 Å². The van der Waals surface area contributed by atoms with Gasteiger partial charge in [0.15, 0.2) is 0 Å². The molecule has 4 nitrogen and oxygen atoms in total. The molecular weight excluding hydrogens is 254 g/mol. The maximum absolute atomic E-state index is 10.6. The molecule has 0 atom stereocenters. The molecule has 1 aliphatic carbocycles. The van der Waals surface area contributed by atoms with Gasteiger partial charge in [0.2, 0.25) is 0 Å². The zero-order valence-corrected chi connectivity index (χ0v) is 11.8. The summed E-state index contributed by atoms with van der Waals surface area (Å²) in [5, 5.41) is 21.9. The third-order valence-electron chi connectivity index (χ3n) is 4.16. The molecule has 0 aliphatic heterocycles. The average Bonchev–Trinajstić information content (AvgIpc) is 2.47. The largest absolute Gasteiger partial charge is 0.481 e. The van der Waals surface area contributed by atoms with Crippen LogP contribution in [-0.2, 0) is 17.8 Å². The minimum absolute atomic E-state index is 0.0638. The monoisotopic (exact) mass is 277 g/mol. The first-order chi connectivity index (χ1) is 9.63. The van der Waals surface area contributed by atoms with Gasteiger partial charge in [0.1, 0.15) is 0 Å². The van der Waals surface area contributed by atoms with E-state index >= 15 is 0 Å². The Kier molecular flexibility index (Phi) is 5.15. The standard InChI is InChI=1S/C16H23NO3/c18-12-16(8-2-1-3-9-16)17-11-14-6-4-13(5-7-14)10-15(19)20/h4-7,17-18H,1-3,8-12H2,(H,19,20). The predicted octanol–water partition coefficient (Wildman–Crippen LogP) is 2.10. The smallest absolute Gasteiger partial charge is 0.307 e. The molecule has 1 saturated carbocycles. The van der Waals surface area contributed by atoms with Gasteiger partial charge >= 0.3 is 5.97 Å². The first-order valence-corrected chi connectivity index (χ1v) is 7.29. The van der Waals surface area contributed by atoms with E-state index in [0.717, 1.165) is 24.0 Å². The van der Waals surface area contributed by atoms with E-state index in [-0.39, 0.29) is 18.6 Å². The SMILES string of the molecule is O=C(O)Cc1ccc(CNC2(CO)CCCCC2)cc1. The van der Waals surface area contributed by atoms with Crippen LogP contribution in [0.15, 0.2) is 24.3 Å². The minimum atomic E-state index is -0.808. The predicted molar refractivity (Wildman–Crippen MR) is 77.5 cm³/mol. The Hall–Kier alpha value is -1.39. The van der Waals surface area contributed by atoms with Gasteiger partial charge in [0.25, 0.3) is 0 Å². The third-order valence-corrected chi connectivity index (χ3v) is 4.16. The van der Waals surface area contributed by atoms with Crippen molar-refractivity contribution in [3.8, 4) is 0 Å². The number of carbonyl (C=O) groups is 1. The van der Waals surface area contributed by atoms with Crippen molar-refractivity contribution in [2.75, 3.05) is 6.61 Å². The van der Waals surface area contributed by atoms with E-state index in [1.165, 1.54) is 19.3 Å². The molecule has 110 valence electrons. The number of rotatable bonds is 6. The molecule has 0 heterocycles. The number of nitrogens with one attached hydrogen (secondary N) is 1. The molecule has 2 rings (SSSR count). The van der Waals surface area contributed by atoms with E-state index in [4.69, 9.17) is 5.11 Å². The van der Waals surface area contributed by atoms with Gasteiger partial charge in [-0.3, -0.25) is 4.79 Å². The maximum atomic E-state index is 10.6. The number of hydrogen-bond acceptors (Lipinski definition) is 3. The highest BCUT2D eigenvalue weighted by Crippen LogP contribution is 2.28. The summed E-state index contributed by atoms with van der Waals surface area (Å²) in [6.45, 7) is 0.901. The molecule has 0 radical (unpaired) electrons. The highest BCUT2D eigenvalue weighted by atomic mass is 16.4. The van der Waals surface area contributed by atoms with Crippen molar-refractivity contribution in [3.05, 3.63) is 35.4 Å². The van der Waals surface area contributed by atoms with Crippen molar-refractivity contribution in [1.29, 1.82) is 0 Å². The molecule has 1 aromatic carbocycles. The lowest BCUT2D eigenvalue weighted by atomic mass is 9.82. The Bertz CT molecular complexity index is 436. The van der Waals surface area contributed by atoms with Crippen molar-refractivity contribution in [3.63, 3.8) is 0 Å². The van der Waals surface area contributed by atoms with Crippen molar-refractivity contribution >= 4 is 5.97 Å². The minimum Gasteiger partial charge on any atom is -0.481 e. The quantitative estimate of drug-likeness (QED) is 0.745. The summed E-state index contributed by atoms with van der Waals surface area (Å²) in [5.74, 6) is -0.808. The number of carboxylic acid groups (broad SMARTS) is 1. The third kappa shape index (κ3) is 4.05. The van der Waals surface area contributed by atoms with Gasteiger partial charge in [-0.2, -0.15) is 0 Å². The lowest BCUT2D eigenvalue weighted by Crippen LogP contribution is -2.49. The molecule has 3 N–H and O–H groups in total. The van der Waals surface area contributed by atoms with E-state index in [1.807, 2.05) is 24.3 Å². The second kappa shape index (κ2) is 6.86. The summed E-state index contributed by atoms with van der Waals surface area (Å²) in [6, 6.07) is 7.63. The summed E-state index contributed by atoms with van der Waals surface area (Å²) >= 11 is 0. The van der Waals surface area contributed by atoms with E-state index < -0.39 is 5.97 Å². The summed E-state index contributed by atoms with van der Waals surface area (Å²) in [7, 11) is 0. The van der Waals surface area contributed by atoms with Crippen LogP contribution in [0.25, 0.3) is 0 Å². The fourth-order valence-electron chi connectivity index (χ4n) is 2.86. The lowest BCUT2D eigenvalue weighted by Gasteiger charge is -2.36. The zero-order valence-electron chi connectivity index (χ0n) is 11.8. The molecule has 1 aromatic rings. The molecule has 20 heavy (non-hydrogen) atoms. The Morgan fingerprint density at radius 2 is 1.70 bits per heavy atom. The van der Waals surface area contributed by atoms with Gasteiger partial charge in [-0.05, 0) is 24.0 Å². The molecular formula is C16H23NO3. The van der Waals surface area contributed by atoms with Crippen molar-refractivity contribution in [2.24, 2.45) is 0 Å². The van der Waals surface area contributed by atoms with Crippen molar-refractivity contribution in [2.45, 2.75) is 50.6 Å². The normalized spacial score (nSPS) is 17.9. The summed E-state index contributed by atoms with van der Waals surface area (Å²) in [4.78, 5) is 10.6. The van der Waals surface area contributed by atoms with Gasteiger partial charge in [-0.25, -0.2) is 0 Å². The van der Waals surface area contributed by atoms with Crippen LogP contribution in [-0.4, -0.2) is 28.3 Å². The van der Waals surface area contributed by atoms with Gasteiger partial charge in [-0.1, -0.05) is 43.5 Å². The Labute approximate surface area is 119 Å². The fraction of sp³-hybridized carbons (Fsp3) is 0.562. The van der Waals surface area contributed by atoms with E-state index in [1.54, 1.807) is 0 Å². The number of aliphatic hydroxyl groups is 1. The summed E-state index contributed by atoms with van der Waals surface area (Å²) < 4.78 is 0. The maximum Gasteiger partial charge on any atom is 0.307 e. The summed E-state index contributed by atoms with van der Waals surface area (Å²) in [6.07, 6.45) is 5.72. The second-order valence-electron chi connectivity index (χ2n) is 5.74. The van der Waals surface area contributed by atoms with Crippen LogP contribution in [0.3, 0.4) is 0 Å². The Balaban J connectivity index is 1.91. The van der Waals surface area contributed by atoms with E-state index in [0.29, 0.717) is 6.54 Å². The first kappa shape index (κ1) is 15.0. The van der Waals surface area contributed by atoms with Crippen molar-refractivity contribution < 1.29 is 15.0 Å². The highest BCUT2D eigenvalue weighted by Gasteiger charge is 2.30. The Morgan fingerprint density at radius 1 is 1.10 bits per heavy atom. The fourth-order valence-corrected chi connectivity index (χ4v) is 2.86. The number of benzene rings is 1. The molecule has 1 fully saturated rings. The van der Waals surface area contributed by atoms with Crippen LogP contribution in [0.5, 0.6) is 0 Å². The van der Waals surface area contributed by atoms with Crippen LogP contribution in [0.4, 0.5) is 0 Å².